The van der Waals surface area contributed by atoms with Gasteiger partial charge >= 0.3 is 0 Å². The molecule has 1 saturated heterocycles. The quantitative estimate of drug-likeness (QED) is 0.619. The zero-order valence-electron chi connectivity index (χ0n) is 16.3. The predicted octanol–water partition coefficient (Wildman–Crippen LogP) is 3.03. The summed E-state index contributed by atoms with van der Waals surface area (Å²) in [4.78, 5) is 3.06. The van der Waals surface area contributed by atoms with Gasteiger partial charge in [-0.3, -0.25) is 0 Å². The SMILES string of the molecule is COc1ccc(-c2ccc(N3CCN(S(=O)(=O)c4ccc(C)s4)CC3)nn2)cc1. The van der Waals surface area contributed by atoms with Gasteiger partial charge in [0.15, 0.2) is 5.82 Å². The minimum absolute atomic E-state index is 0.409. The third-order valence-electron chi connectivity index (χ3n) is 4.91. The van der Waals surface area contributed by atoms with E-state index in [-0.39, 0.29) is 0 Å². The first kappa shape index (κ1) is 19.8. The molecule has 0 N–H and O–H groups in total. The van der Waals surface area contributed by atoms with Crippen LogP contribution in [0, 0.1) is 6.92 Å². The molecule has 0 spiro atoms. The lowest BCUT2D eigenvalue weighted by atomic mass is 10.1. The van der Waals surface area contributed by atoms with Crippen molar-refractivity contribution in [3.05, 3.63) is 53.4 Å². The molecule has 0 unspecified atom stereocenters. The normalized spacial score (nSPS) is 15.4. The fourth-order valence-corrected chi connectivity index (χ4v) is 6.10. The van der Waals surface area contributed by atoms with Crippen LogP contribution in [0.15, 0.2) is 52.7 Å². The lowest BCUT2D eigenvalue weighted by Gasteiger charge is -2.34. The van der Waals surface area contributed by atoms with Crippen molar-refractivity contribution in [3.8, 4) is 17.0 Å². The summed E-state index contributed by atoms with van der Waals surface area (Å²) in [5.41, 5.74) is 1.75. The van der Waals surface area contributed by atoms with Crippen LogP contribution in [-0.2, 0) is 10.0 Å². The van der Waals surface area contributed by atoms with E-state index >= 15 is 0 Å². The summed E-state index contributed by atoms with van der Waals surface area (Å²) >= 11 is 1.31. The van der Waals surface area contributed by atoms with E-state index in [0.717, 1.165) is 27.7 Å². The minimum Gasteiger partial charge on any atom is -0.497 e. The molecule has 3 heterocycles. The molecule has 152 valence electrons. The Hall–Kier alpha value is -2.49. The Kier molecular flexibility index (Phi) is 5.53. The molecule has 4 rings (SSSR count). The first-order valence-corrected chi connectivity index (χ1v) is 11.5. The Morgan fingerprint density at radius 2 is 1.66 bits per heavy atom. The molecule has 2 aromatic heterocycles. The number of piperazine rings is 1. The van der Waals surface area contributed by atoms with Gasteiger partial charge in [-0.2, -0.15) is 4.31 Å². The molecule has 0 bridgehead atoms. The van der Waals surface area contributed by atoms with Crippen LogP contribution in [0.1, 0.15) is 4.88 Å². The van der Waals surface area contributed by atoms with Crippen LogP contribution in [-0.4, -0.2) is 56.2 Å². The van der Waals surface area contributed by atoms with Gasteiger partial charge < -0.3 is 9.64 Å². The van der Waals surface area contributed by atoms with Gasteiger partial charge in [0.25, 0.3) is 10.0 Å². The van der Waals surface area contributed by atoms with Crippen molar-refractivity contribution < 1.29 is 13.2 Å². The second-order valence-electron chi connectivity index (χ2n) is 6.76. The van der Waals surface area contributed by atoms with Crippen molar-refractivity contribution in [2.45, 2.75) is 11.1 Å². The molecule has 1 aliphatic heterocycles. The van der Waals surface area contributed by atoms with Crippen LogP contribution < -0.4 is 9.64 Å². The molecule has 0 atom stereocenters. The number of benzene rings is 1. The van der Waals surface area contributed by atoms with E-state index in [1.807, 2.05) is 49.4 Å². The standard InChI is InChI=1S/C20H22N4O3S2/c1-15-3-10-20(28-15)29(25,26)24-13-11-23(12-14-24)19-9-8-18(21-22-19)16-4-6-17(27-2)7-5-16/h3-10H,11-14H2,1-2H3. The van der Waals surface area contributed by atoms with Gasteiger partial charge in [0.2, 0.25) is 0 Å². The van der Waals surface area contributed by atoms with Crippen molar-refractivity contribution in [2.75, 3.05) is 38.2 Å². The van der Waals surface area contributed by atoms with Crippen molar-refractivity contribution in [2.24, 2.45) is 0 Å². The molecular formula is C20H22N4O3S2. The number of hydrogen-bond acceptors (Lipinski definition) is 7. The Labute approximate surface area is 174 Å². The number of anilines is 1. The van der Waals surface area contributed by atoms with Gasteiger partial charge in [0.05, 0.1) is 12.8 Å². The summed E-state index contributed by atoms with van der Waals surface area (Å²) in [7, 11) is -1.78. The highest BCUT2D eigenvalue weighted by Crippen LogP contribution is 2.26. The number of nitrogens with zero attached hydrogens (tertiary/aromatic N) is 4. The maximum Gasteiger partial charge on any atom is 0.252 e. The molecule has 0 radical (unpaired) electrons. The first-order chi connectivity index (χ1) is 14.0. The molecule has 29 heavy (non-hydrogen) atoms. The van der Waals surface area contributed by atoms with Crippen molar-refractivity contribution in [1.29, 1.82) is 0 Å². The molecule has 1 aliphatic rings. The van der Waals surface area contributed by atoms with Crippen LogP contribution in [0.5, 0.6) is 5.75 Å². The highest BCUT2D eigenvalue weighted by Gasteiger charge is 2.30. The molecule has 3 aromatic rings. The molecule has 0 amide bonds. The van der Waals surface area contributed by atoms with E-state index in [4.69, 9.17) is 4.74 Å². The maximum absolute atomic E-state index is 12.8. The smallest absolute Gasteiger partial charge is 0.252 e. The van der Waals surface area contributed by atoms with Gasteiger partial charge in [0, 0.05) is 36.6 Å². The summed E-state index contributed by atoms with van der Waals surface area (Å²) in [6.45, 7) is 3.94. The number of thiophene rings is 1. The Balaban J connectivity index is 1.42. The number of hydrogen-bond donors (Lipinski definition) is 0. The molecule has 9 heteroatoms. The zero-order chi connectivity index (χ0) is 20.4. The summed E-state index contributed by atoms with van der Waals surface area (Å²) in [5, 5.41) is 8.68. The van der Waals surface area contributed by atoms with E-state index in [1.54, 1.807) is 17.5 Å². The van der Waals surface area contributed by atoms with Crippen molar-refractivity contribution >= 4 is 27.2 Å². The molecular weight excluding hydrogens is 408 g/mol. The van der Waals surface area contributed by atoms with Crippen molar-refractivity contribution in [1.82, 2.24) is 14.5 Å². The highest BCUT2D eigenvalue weighted by molar-refractivity contribution is 7.91. The summed E-state index contributed by atoms with van der Waals surface area (Å²) in [5.74, 6) is 1.55. The second-order valence-corrected chi connectivity index (χ2v) is 10.2. The third-order valence-corrected chi connectivity index (χ3v) is 8.28. The topological polar surface area (TPSA) is 75.6 Å². The van der Waals surface area contributed by atoms with Crippen LogP contribution in [0.3, 0.4) is 0 Å². The fourth-order valence-electron chi connectivity index (χ4n) is 3.25. The number of ether oxygens (including phenoxy) is 1. The molecule has 7 nitrogen and oxygen atoms in total. The van der Waals surface area contributed by atoms with Crippen LogP contribution >= 0.6 is 11.3 Å². The zero-order valence-corrected chi connectivity index (χ0v) is 17.9. The lowest BCUT2D eigenvalue weighted by Crippen LogP contribution is -2.48. The van der Waals surface area contributed by atoms with E-state index in [2.05, 4.69) is 15.1 Å². The first-order valence-electron chi connectivity index (χ1n) is 9.27. The summed E-state index contributed by atoms with van der Waals surface area (Å²) in [6, 6.07) is 15.1. The molecule has 1 aromatic carbocycles. The number of methoxy groups -OCH3 is 1. The monoisotopic (exact) mass is 430 g/mol. The lowest BCUT2D eigenvalue weighted by molar-refractivity contribution is 0.384. The van der Waals surface area contributed by atoms with E-state index in [1.165, 1.54) is 11.3 Å². The Morgan fingerprint density at radius 1 is 0.931 bits per heavy atom. The van der Waals surface area contributed by atoms with Gasteiger partial charge in [-0.05, 0) is 55.5 Å². The van der Waals surface area contributed by atoms with Gasteiger partial charge in [-0.25, -0.2) is 8.42 Å². The average molecular weight is 431 g/mol. The van der Waals surface area contributed by atoms with Gasteiger partial charge in [-0.15, -0.1) is 21.5 Å². The highest BCUT2D eigenvalue weighted by atomic mass is 32.2. The van der Waals surface area contributed by atoms with E-state index in [9.17, 15) is 8.42 Å². The van der Waals surface area contributed by atoms with Gasteiger partial charge in [0.1, 0.15) is 9.96 Å². The van der Waals surface area contributed by atoms with Gasteiger partial charge in [-0.1, -0.05) is 0 Å². The number of rotatable bonds is 5. The largest absolute Gasteiger partial charge is 0.497 e. The van der Waals surface area contributed by atoms with E-state index in [0.29, 0.717) is 30.4 Å². The Morgan fingerprint density at radius 3 is 2.21 bits per heavy atom. The van der Waals surface area contributed by atoms with Crippen molar-refractivity contribution in [3.63, 3.8) is 0 Å². The molecule has 0 aliphatic carbocycles. The molecule has 0 saturated carbocycles. The second kappa shape index (κ2) is 8.10. The summed E-state index contributed by atoms with van der Waals surface area (Å²) in [6.07, 6.45) is 0. The number of aromatic nitrogens is 2. The summed E-state index contributed by atoms with van der Waals surface area (Å²) < 4.78 is 32.7. The third kappa shape index (κ3) is 4.12. The Bertz CT molecular complexity index is 1070. The predicted molar refractivity (Wildman–Crippen MR) is 114 cm³/mol. The fraction of sp³-hybridized carbons (Fsp3) is 0.300. The average Bonchev–Trinajstić information content (AvgIpc) is 3.21. The van der Waals surface area contributed by atoms with Crippen LogP contribution in [0.25, 0.3) is 11.3 Å². The van der Waals surface area contributed by atoms with Crippen LogP contribution in [0.4, 0.5) is 5.82 Å². The molecule has 1 fully saturated rings. The van der Waals surface area contributed by atoms with E-state index < -0.39 is 10.0 Å². The minimum atomic E-state index is -3.42. The maximum atomic E-state index is 12.8. The number of sulfonamides is 1. The van der Waals surface area contributed by atoms with Crippen LogP contribution in [0.2, 0.25) is 0 Å². The number of aryl methyl sites for hydroxylation is 1.